The van der Waals surface area contributed by atoms with E-state index in [0.717, 1.165) is 11.3 Å². The van der Waals surface area contributed by atoms with Gasteiger partial charge in [0, 0.05) is 11.2 Å². The summed E-state index contributed by atoms with van der Waals surface area (Å²) in [4.78, 5) is 27.4. The number of fused-ring (bicyclic) bond motifs is 1. The summed E-state index contributed by atoms with van der Waals surface area (Å²) in [6.45, 7) is 7.87. The molecule has 1 aromatic carbocycles. The molecule has 0 spiro atoms. The Morgan fingerprint density at radius 1 is 1.21 bits per heavy atom. The van der Waals surface area contributed by atoms with Gasteiger partial charge in [0.15, 0.2) is 0 Å². The minimum Gasteiger partial charge on any atom is -0.350 e. The van der Waals surface area contributed by atoms with Crippen molar-refractivity contribution in [2.75, 3.05) is 11.4 Å². The highest BCUT2D eigenvalue weighted by molar-refractivity contribution is 6.03. The summed E-state index contributed by atoms with van der Waals surface area (Å²) >= 11 is 0. The van der Waals surface area contributed by atoms with Crippen molar-refractivity contribution in [2.24, 2.45) is 11.7 Å². The van der Waals surface area contributed by atoms with E-state index in [1.54, 1.807) is 4.90 Å². The molecule has 154 valence electrons. The molecule has 2 amide bonds. The predicted octanol–water partition coefficient (Wildman–Crippen LogP) is 3.64. The maximum atomic E-state index is 13.2. The van der Waals surface area contributed by atoms with Gasteiger partial charge >= 0.3 is 0 Å². The van der Waals surface area contributed by atoms with Crippen LogP contribution in [0.1, 0.15) is 76.3 Å². The van der Waals surface area contributed by atoms with E-state index in [-0.39, 0.29) is 29.8 Å². The minimum atomic E-state index is -0.568. The van der Waals surface area contributed by atoms with E-state index in [4.69, 9.17) is 5.73 Å². The van der Waals surface area contributed by atoms with Crippen molar-refractivity contribution in [3.63, 3.8) is 0 Å². The summed E-state index contributed by atoms with van der Waals surface area (Å²) in [6.07, 6.45) is 6.87. The average molecular weight is 386 g/mol. The number of nitrogens with two attached hydrogens (primary N) is 1. The summed E-state index contributed by atoms with van der Waals surface area (Å²) in [6, 6.07) is 5.75. The second-order valence-corrected chi connectivity index (χ2v) is 9.63. The topological polar surface area (TPSA) is 75.4 Å². The van der Waals surface area contributed by atoms with E-state index in [1.165, 1.54) is 37.7 Å². The second-order valence-electron chi connectivity index (χ2n) is 9.63. The summed E-state index contributed by atoms with van der Waals surface area (Å²) in [5.41, 5.74) is 9.17. The number of hydrogen-bond acceptors (Lipinski definition) is 3. The first kappa shape index (κ1) is 20.8. The number of rotatable bonds is 3. The molecule has 0 saturated heterocycles. The monoisotopic (exact) mass is 385 g/mol. The zero-order chi connectivity index (χ0) is 20.5. The van der Waals surface area contributed by atoms with Crippen LogP contribution in [0.4, 0.5) is 5.69 Å². The Morgan fingerprint density at radius 2 is 1.89 bits per heavy atom. The second kappa shape index (κ2) is 8.24. The van der Waals surface area contributed by atoms with Gasteiger partial charge in [-0.15, -0.1) is 0 Å². The van der Waals surface area contributed by atoms with Gasteiger partial charge in [-0.3, -0.25) is 9.59 Å². The van der Waals surface area contributed by atoms with Crippen molar-refractivity contribution in [2.45, 2.75) is 83.7 Å². The van der Waals surface area contributed by atoms with E-state index in [2.05, 4.69) is 17.4 Å². The molecule has 5 nitrogen and oxygen atoms in total. The van der Waals surface area contributed by atoms with E-state index in [9.17, 15) is 9.59 Å². The zero-order valence-electron chi connectivity index (χ0n) is 17.8. The SMILES string of the molecule is Cc1ccc2c(c1)N(CC(=O)NC(C)(C)C)C(=O)[C@H](N)C[C@@H]2C1CCCCC1. The number of nitrogens with one attached hydrogen (secondary N) is 1. The molecule has 3 rings (SSSR count). The van der Waals surface area contributed by atoms with Crippen LogP contribution >= 0.6 is 0 Å². The first-order valence-electron chi connectivity index (χ1n) is 10.6. The van der Waals surface area contributed by atoms with Crippen molar-refractivity contribution in [1.29, 1.82) is 0 Å². The Balaban J connectivity index is 1.97. The third-order valence-corrected chi connectivity index (χ3v) is 6.00. The van der Waals surface area contributed by atoms with Crippen LogP contribution in [0, 0.1) is 12.8 Å². The Kier molecular flexibility index (Phi) is 6.13. The van der Waals surface area contributed by atoms with Crippen LogP contribution in [-0.2, 0) is 9.59 Å². The molecule has 5 heteroatoms. The van der Waals surface area contributed by atoms with Crippen molar-refractivity contribution in [3.05, 3.63) is 29.3 Å². The van der Waals surface area contributed by atoms with Crippen LogP contribution in [-0.4, -0.2) is 29.9 Å². The van der Waals surface area contributed by atoms with Crippen molar-refractivity contribution >= 4 is 17.5 Å². The van der Waals surface area contributed by atoms with Gasteiger partial charge in [-0.05, 0) is 76.0 Å². The molecular weight excluding hydrogens is 350 g/mol. The van der Waals surface area contributed by atoms with Gasteiger partial charge in [-0.2, -0.15) is 0 Å². The standard InChI is InChI=1S/C23H35N3O2/c1-15-10-11-17-18(16-8-6-5-7-9-16)13-19(24)22(28)26(20(17)12-15)14-21(27)25-23(2,3)4/h10-12,16,18-19H,5-9,13-14,24H2,1-4H3,(H,25,27)/t18-,19-/m1/s1. The molecule has 1 heterocycles. The lowest BCUT2D eigenvalue weighted by Gasteiger charge is -2.31. The number of carbonyl (C=O) groups excluding carboxylic acids is 2. The van der Waals surface area contributed by atoms with Crippen LogP contribution in [0.15, 0.2) is 18.2 Å². The van der Waals surface area contributed by atoms with Gasteiger partial charge in [0.2, 0.25) is 11.8 Å². The van der Waals surface area contributed by atoms with Gasteiger partial charge in [0.1, 0.15) is 6.54 Å². The minimum absolute atomic E-state index is 0.0116. The highest BCUT2D eigenvalue weighted by Gasteiger charge is 2.37. The fourth-order valence-corrected chi connectivity index (χ4v) is 4.77. The zero-order valence-corrected chi connectivity index (χ0v) is 17.8. The Morgan fingerprint density at radius 3 is 2.54 bits per heavy atom. The highest BCUT2D eigenvalue weighted by Crippen LogP contribution is 2.44. The quantitative estimate of drug-likeness (QED) is 0.834. The first-order valence-corrected chi connectivity index (χ1v) is 10.6. The lowest BCUT2D eigenvalue weighted by molar-refractivity contribution is -0.125. The van der Waals surface area contributed by atoms with Gasteiger partial charge in [-0.25, -0.2) is 0 Å². The van der Waals surface area contributed by atoms with Crippen LogP contribution in [0.3, 0.4) is 0 Å². The van der Waals surface area contributed by atoms with Gasteiger partial charge in [0.25, 0.3) is 0 Å². The highest BCUT2D eigenvalue weighted by atomic mass is 16.2. The molecule has 0 radical (unpaired) electrons. The Hall–Kier alpha value is -1.88. The summed E-state index contributed by atoms with van der Waals surface area (Å²) in [7, 11) is 0. The van der Waals surface area contributed by atoms with Crippen LogP contribution in [0.2, 0.25) is 0 Å². The molecule has 0 aromatic heterocycles. The van der Waals surface area contributed by atoms with Gasteiger partial charge in [0.05, 0.1) is 6.04 Å². The molecule has 1 aromatic rings. The molecule has 0 bridgehead atoms. The Bertz CT molecular complexity index is 732. The average Bonchev–Trinajstić information content (AvgIpc) is 2.71. The molecule has 1 aliphatic heterocycles. The molecule has 1 saturated carbocycles. The third kappa shape index (κ3) is 4.75. The maximum absolute atomic E-state index is 13.2. The van der Waals surface area contributed by atoms with Crippen molar-refractivity contribution in [1.82, 2.24) is 5.32 Å². The maximum Gasteiger partial charge on any atom is 0.244 e. The Labute approximate surface area is 169 Å². The van der Waals surface area contributed by atoms with E-state index in [0.29, 0.717) is 12.3 Å². The number of anilines is 1. The predicted molar refractivity (Wildman–Crippen MR) is 113 cm³/mol. The summed E-state index contributed by atoms with van der Waals surface area (Å²) in [5.74, 6) is 0.550. The number of carbonyl (C=O) groups is 2. The fraction of sp³-hybridized carbons (Fsp3) is 0.652. The normalized spacial score (nSPS) is 23.9. The molecule has 1 aliphatic carbocycles. The first-order chi connectivity index (χ1) is 13.2. The largest absolute Gasteiger partial charge is 0.350 e. The summed E-state index contributed by atoms with van der Waals surface area (Å²) < 4.78 is 0. The van der Waals surface area contributed by atoms with Crippen LogP contribution < -0.4 is 16.0 Å². The lowest BCUT2D eigenvalue weighted by atomic mass is 9.74. The van der Waals surface area contributed by atoms with Crippen LogP contribution in [0.25, 0.3) is 0 Å². The van der Waals surface area contributed by atoms with Gasteiger partial charge in [-0.1, -0.05) is 31.4 Å². The van der Waals surface area contributed by atoms with Crippen LogP contribution in [0.5, 0.6) is 0 Å². The number of nitrogens with zero attached hydrogens (tertiary/aromatic N) is 1. The molecule has 28 heavy (non-hydrogen) atoms. The van der Waals surface area contributed by atoms with E-state index in [1.807, 2.05) is 33.8 Å². The van der Waals surface area contributed by atoms with Crippen molar-refractivity contribution < 1.29 is 9.59 Å². The fourth-order valence-electron chi connectivity index (χ4n) is 4.77. The van der Waals surface area contributed by atoms with E-state index >= 15 is 0 Å². The summed E-state index contributed by atoms with van der Waals surface area (Å²) in [5, 5.41) is 2.97. The number of aryl methyl sites for hydroxylation is 1. The lowest BCUT2D eigenvalue weighted by Crippen LogP contribution is -2.50. The third-order valence-electron chi connectivity index (χ3n) is 6.00. The molecule has 1 fully saturated rings. The molecule has 3 N–H and O–H groups in total. The van der Waals surface area contributed by atoms with E-state index < -0.39 is 6.04 Å². The number of benzene rings is 1. The number of amides is 2. The molecule has 2 atom stereocenters. The smallest absolute Gasteiger partial charge is 0.244 e. The molecule has 0 unspecified atom stereocenters. The molecule has 2 aliphatic rings. The molecular formula is C23H35N3O2. The number of hydrogen-bond donors (Lipinski definition) is 2. The van der Waals surface area contributed by atoms with Gasteiger partial charge < -0.3 is 16.0 Å². The van der Waals surface area contributed by atoms with Crippen molar-refractivity contribution in [3.8, 4) is 0 Å².